The van der Waals surface area contributed by atoms with Crippen LogP contribution >= 0.6 is 0 Å². The van der Waals surface area contributed by atoms with Crippen LogP contribution in [0.5, 0.6) is 0 Å². The van der Waals surface area contributed by atoms with Crippen molar-refractivity contribution in [3.63, 3.8) is 0 Å². The summed E-state index contributed by atoms with van der Waals surface area (Å²) in [6.07, 6.45) is 1.89. The van der Waals surface area contributed by atoms with Crippen molar-refractivity contribution in [2.75, 3.05) is 0 Å². The molecule has 0 amide bonds. The van der Waals surface area contributed by atoms with E-state index >= 15 is 0 Å². The lowest BCUT2D eigenvalue weighted by Crippen LogP contribution is -1.91. The van der Waals surface area contributed by atoms with Crippen LogP contribution in [-0.4, -0.2) is 27.3 Å². The number of aliphatic hydroxyl groups excluding tert-OH is 1. The quantitative estimate of drug-likeness (QED) is 0.309. The zero-order valence-electron chi connectivity index (χ0n) is 5.39. The Morgan fingerprint density at radius 3 is 1.82 bits per heavy atom. The third-order valence-corrected chi connectivity index (χ3v) is 0.668. The second kappa shape index (κ2) is 4.10. The minimum atomic E-state index is -1.34. The summed E-state index contributed by atoms with van der Waals surface area (Å²) in [6, 6.07) is 0. The van der Waals surface area contributed by atoms with E-state index in [0.29, 0.717) is 12.2 Å². The van der Waals surface area contributed by atoms with Gasteiger partial charge in [0.1, 0.15) is 5.76 Å². The monoisotopic (exact) mass is 158 g/mol. The second-order valence-electron chi connectivity index (χ2n) is 1.58. The molecule has 0 saturated carbocycles. The van der Waals surface area contributed by atoms with Crippen LogP contribution in [0.4, 0.5) is 0 Å². The Morgan fingerprint density at radius 1 is 0.909 bits per heavy atom. The van der Waals surface area contributed by atoms with E-state index in [2.05, 4.69) is 0 Å². The highest BCUT2D eigenvalue weighted by molar-refractivity contribution is 5.83. The molecular weight excluding hydrogens is 152 g/mol. The number of carboxylic acids is 2. The van der Waals surface area contributed by atoms with Gasteiger partial charge >= 0.3 is 11.9 Å². The molecule has 5 nitrogen and oxygen atoms in total. The Bertz CT molecular complexity index is 225. The van der Waals surface area contributed by atoms with Gasteiger partial charge in [-0.25, -0.2) is 9.59 Å². The fourth-order valence-corrected chi connectivity index (χ4v) is 0.331. The van der Waals surface area contributed by atoms with Crippen LogP contribution in [0.1, 0.15) is 0 Å². The standard InChI is InChI=1S/C6H6O5/c7-4(3-6(10)11)1-2-5(8)9/h1-3,7H,(H,8,9)(H,10,11)/b2-1+,4-3+. The third-order valence-electron chi connectivity index (χ3n) is 0.668. The zero-order valence-corrected chi connectivity index (χ0v) is 5.39. The summed E-state index contributed by atoms with van der Waals surface area (Å²) in [5, 5.41) is 24.7. The first-order valence-electron chi connectivity index (χ1n) is 2.57. The van der Waals surface area contributed by atoms with Gasteiger partial charge in [-0.1, -0.05) is 0 Å². The Balaban J connectivity index is 4.17. The molecule has 5 heteroatoms. The molecule has 0 heterocycles. The molecule has 0 aromatic rings. The first-order chi connectivity index (χ1) is 5.02. The van der Waals surface area contributed by atoms with Gasteiger partial charge in [0.15, 0.2) is 0 Å². The molecule has 11 heavy (non-hydrogen) atoms. The summed E-state index contributed by atoms with van der Waals surface area (Å²) in [5.74, 6) is -3.20. The topological polar surface area (TPSA) is 94.8 Å². The van der Waals surface area contributed by atoms with Crippen LogP contribution in [0.3, 0.4) is 0 Å². The molecule has 0 aliphatic carbocycles. The van der Waals surface area contributed by atoms with Crippen LogP contribution in [0.15, 0.2) is 24.0 Å². The van der Waals surface area contributed by atoms with Crippen molar-refractivity contribution >= 4 is 11.9 Å². The Kier molecular flexibility index (Phi) is 3.44. The summed E-state index contributed by atoms with van der Waals surface area (Å²) in [5.41, 5.74) is 0. The Labute approximate surface area is 61.9 Å². The molecule has 0 aromatic carbocycles. The predicted molar refractivity (Wildman–Crippen MR) is 35.1 cm³/mol. The first kappa shape index (κ1) is 9.22. The van der Waals surface area contributed by atoms with Gasteiger partial charge in [0.25, 0.3) is 0 Å². The minimum Gasteiger partial charge on any atom is -0.508 e. The average molecular weight is 158 g/mol. The fraction of sp³-hybridized carbons (Fsp3) is 0. The van der Waals surface area contributed by atoms with E-state index < -0.39 is 17.7 Å². The molecule has 60 valence electrons. The maximum atomic E-state index is 9.84. The van der Waals surface area contributed by atoms with Gasteiger partial charge in [0.05, 0.1) is 6.08 Å². The molecule has 0 atom stereocenters. The molecule has 3 N–H and O–H groups in total. The van der Waals surface area contributed by atoms with Crippen molar-refractivity contribution < 1.29 is 24.9 Å². The van der Waals surface area contributed by atoms with Gasteiger partial charge in [-0.05, 0) is 6.08 Å². The largest absolute Gasteiger partial charge is 0.508 e. The van der Waals surface area contributed by atoms with E-state index in [-0.39, 0.29) is 0 Å². The van der Waals surface area contributed by atoms with Gasteiger partial charge in [-0.15, -0.1) is 0 Å². The van der Waals surface area contributed by atoms with Crippen LogP contribution in [0.2, 0.25) is 0 Å². The van der Waals surface area contributed by atoms with Crippen molar-refractivity contribution in [3.05, 3.63) is 24.0 Å². The van der Waals surface area contributed by atoms with Crippen LogP contribution < -0.4 is 0 Å². The van der Waals surface area contributed by atoms with Gasteiger partial charge in [0.2, 0.25) is 0 Å². The molecule has 0 aliphatic heterocycles. The van der Waals surface area contributed by atoms with Crippen molar-refractivity contribution in [1.82, 2.24) is 0 Å². The normalized spacial score (nSPS) is 11.8. The molecule has 0 saturated heterocycles. The molecule has 0 unspecified atom stereocenters. The smallest absolute Gasteiger partial charge is 0.332 e. The fourth-order valence-electron chi connectivity index (χ4n) is 0.331. The third kappa shape index (κ3) is 6.10. The number of hydrogen-bond acceptors (Lipinski definition) is 3. The van der Waals surface area contributed by atoms with Crippen molar-refractivity contribution in [3.8, 4) is 0 Å². The molecular formula is C6H6O5. The highest BCUT2D eigenvalue weighted by atomic mass is 16.4. The molecule has 0 fully saturated rings. The number of rotatable bonds is 3. The number of aliphatic hydroxyl groups is 1. The Morgan fingerprint density at radius 2 is 1.45 bits per heavy atom. The molecule has 0 bridgehead atoms. The predicted octanol–water partition coefficient (Wildman–Crippen LogP) is 0.154. The summed E-state index contributed by atoms with van der Waals surface area (Å²) >= 11 is 0. The second-order valence-corrected chi connectivity index (χ2v) is 1.58. The van der Waals surface area contributed by atoms with Crippen LogP contribution in [0, 0.1) is 0 Å². The van der Waals surface area contributed by atoms with E-state index in [1.165, 1.54) is 0 Å². The zero-order chi connectivity index (χ0) is 8.85. The van der Waals surface area contributed by atoms with E-state index in [1.54, 1.807) is 0 Å². The van der Waals surface area contributed by atoms with Gasteiger partial charge in [-0.2, -0.15) is 0 Å². The van der Waals surface area contributed by atoms with Crippen molar-refractivity contribution in [2.45, 2.75) is 0 Å². The van der Waals surface area contributed by atoms with Gasteiger partial charge < -0.3 is 15.3 Å². The number of carbonyl (C=O) groups is 2. The number of aliphatic carboxylic acids is 2. The number of allylic oxidation sites excluding steroid dienone is 1. The van der Waals surface area contributed by atoms with E-state index in [1.807, 2.05) is 0 Å². The molecule has 0 aliphatic rings. The van der Waals surface area contributed by atoms with Gasteiger partial charge in [-0.3, -0.25) is 0 Å². The molecule has 0 spiro atoms. The van der Waals surface area contributed by atoms with E-state index in [4.69, 9.17) is 15.3 Å². The Hall–Kier alpha value is -1.78. The van der Waals surface area contributed by atoms with Crippen LogP contribution in [-0.2, 0) is 9.59 Å². The SMILES string of the molecule is O=C(O)/C=C/C(O)=C\C(=O)O. The highest BCUT2D eigenvalue weighted by Gasteiger charge is 1.93. The molecule has 0 aromatic heterocycles. The summed E-state index contributed by atoms with van der Waals surface area (Å²) in [6.45, 7) is 0. The number of carboxylic acid groups (broad SMARTS) is 2. The maximum Gasteiger partial charge on any atom is 0.332 e. The number of hydrogen-bond donors (Lipinski definition) is 3. The summed E-state index contributed by atoms with van der Waals surface area (Å²) in [4.78, 5) is 19.7. The highest BCUT2D eigenvalue weighted by Crippen LogP contribution is 1.89. The first-order valence-corrected chi connectivity index (χ1v) is 2.57. The lowest BCUT2D eigenvalue weighted by molar-refractivity contribution is -0.132. The van der Waals surface area contributed by atoms with Crippen molar-refractivity contribution in [2.24, 2.45) is 0 Å². The van der Waals surface area contributed by atoms with E-state index in [9.17, 15) is 9.59 Å². The lowest BCUT2D eigenvalue weighted by Gasteiger charge is -1.85. The average Bonchev–Trinajstić information content (AvgIpc) is 1.82. The maximum absolute atomic E-state index is 9.84. The van der Waals surface area contributed by atoms with Gasteiger partial charge in [0, 0.05) is 6.08 Å². The van der Waals surface area contributed by atoms with E-state index in [0.717, 1.165) is 6.08 Å². The van der Waals surface area contributed by atoms with Crippen LogP contribution in [0.25, 0.3) is 0 Å². The summed E-state index contributed by atoms with van der Waals surface area (Å²) < 4.78 is 0. The summed E-state index contributed by atoms with van der Waals surface area (Å²) in [7, 11) is 0. The minimum absolute atomic E-state index is 0.486. The van der Waals surface area contributed by atoms with Crippen molar-refractivity contribution in [1.29, 1.82) is 0 Å². The molecule has 0 rings (SSSR count). The lowest BCUT2D eigenvalue weighted by atomic mass is 10.4. The molecule has 0 radical (unpaired) electrons.